The minimum atomic E-state index is 0.502. The fourth-order valence-electron chi connectivity index (χ4n) is 2.99. The second-order valence-corrected chi connectivity index (χ2v) is 8.72. The Morgan fingerprint density at radius 2 is 1.84 bits per heavy atom. The van der Waals surface area contributed by atoms with Crippen LogP contribution in [0.1, 0.15) is 5.56 Å². The fraction of sp³-hybridized carbons (Fsp3) is 0.0952. The lowest BCUT2D eigenvalue weighted by Gasteiger charge is -2.07. The van der Waals surface area contributed by atoms with Gasteiger partial charge in [0.05, 0.1) is 10.4 Å². The van der Waals surface area contributed by atoms with Gasteiger partial charge in [0, 0.05) is 29.9 Å². The number of halogens is 1. The van der Waals surface area contributed by atoms with Gasteiger partial charge in [-0.3, -0.25) is 4.98 Å². The normalized spacial score (nSPS) is 11.0. The van der Waals surface area contributed by atoms with E-state index in [0.29, 0.717) is 10.2 Å². The first-order valence-corrected chi connectivity index (χ1v) is 11.5. The van der Waals surface area contributed by atoms with Crippen LogP contribution in [0.2, 0.25) is 5.02 Å². The Morgan fingerprint density at radius 1 is 1.00 bits per heavy atom. The zero-order chi connectivity index (χ0) is 21.0. The zero-order valence-electron chi connectivity index (χ0n) is 16.0. The predicted molar refractivity (Wildman–Crippen MR) is 124 cm³/mol. The van der Waals surface area contributed by atoms with E-state index in [-0.39, 0.29) is 0 Å². The number of aromatic nitrogens is 5. The number of hydrogen-bond acceptors (Lipinski definition) is 9. The monoisotopic (exact) mass is 466 g/mol. The van der Waals surface area contributed by atoms with E-state index in [0.717, 1.165) is 45.3 Å². The number of anilines is 1. The summed E-state index contributed by atoms with van der Waals surface area (Å²) in [6, 6.07) is 11.7. The maximum Gasteiger partial charge on any atom is 0.299 e. The van der Waals surface area contributed by atoms with Gasteiger partial charge < -0.3 is 10.1 Å². The van der Waals surface area contributed by atoms with Crippen LogP contribution in [0.3, 0.4) is 0 Å². The molecular formula is C21H15ClN6OS2. The van der Waals surface area contributed by atoms with Crippen LogP contribution >= 0.6 is 34.3 Å². The van der Waals surface area contributed by atoms with Crippen LogP contribution in [0.5, 0.6) is 10.9 Å². The summed E-state index contributed by atoms with van der Waals surface area (Å²) in [7, 11) is 0. The van der Waals surface area contributed by atoms with E-state index in [1.54, 1.807) is 18.7 Å². The summed E-state index contributed by atoms with van der Waals surface area (Å²) in [4.78, 5) is 13.5. The third-order valence-electron chi connectivity index (χ3n) is 4.49. The van der Waals surface area contributed by atoms with Crippen LogP contribution in [0, 0.1) is 0 Å². The SMILES string of the molecule is Clc1csc2ncnc(NCCc3ccc(Oc4nnc(-c5ccncc5)s4)cc3)c12. The van der Waals surface area contributed by atoms with Crippen LogP contribution < -0.4 is 10.1 Å². The van der Waals surface area contributed by atoms with Gasteiger partial charge in [0.2, 0.25) is 0 Å². The Labute approximate surface area is 190 Å². The molecule has 0 aliphatic carbocycles. The first-order valence-electron chi connectivity index (χ1n) is 9.38. The lowest BCUT2D eigenvalue weighted by atomic mass is 10.1. The Hall–Kier alpha value is -3.14. The Bertz CT molecular complexity index is 1310. The van der Waals surface area contributed by atoms with Gasteiger partial charge in [-0.1, -0.05) is 40.2 Å². The van der Waals surface area contributed by atoms with Gasteiger partial charge in [-0.25, -0.2) is 9.97 Å². The van der Waals surface area contributed by atoms with Crippen molar-refractivity contribution in [2.45, 2.75) is 6.42 Å². The molecule has 0 fully saturated rings. The van der Waals surface area contributed by atoms with Crippen molar-refractivity contribution in [2.75, 3.05) is 11.9 Å². The van der Waals surface area contributed by atoms with Crippen molar-refractivity contribution in [3.8, 4) is 21.5 Å². The van der Waals surface area contributed by atoms with Gasteiger partial charge in [0.1, 0.15) is 22.7 Å². The van der Waals surface area contributed by atoms with Crippen molar-refractivity contribution in [2.24, 2.45) is 0 Å². The number of rotatable bonds is 7. The number of benzene rings is 1. The smallest absolute Gasteiger partial charge is 0.299 e. The van der Waals surface area contributed by atoms with E-state index in [4.69, 9.17) is 16.3 Å². The minimum Gasteiger partial charge on any atom is -0.430 e. The molecule has 31 heavy (non-hydrogen) atoms. The van der Waals surface area contributed by atoms with Crippen molar-refractivity contribution >= 4 is 50.3 Å². The molecule has 0 saturated heterocycles. The van der Waals surface area contributed by atoms with Gasteiger partial charge >= 0.3 is 0 Å². The highest BCUT2D eigenvalue weighted by Crippen LogP contribution is 2.33. The first-order chi connectivity index (χ1) is 15.3. The third-order valence-corrected chi connectivity index (χ3v) is 6.66. The molecule has 0 radical (unpaired) electrons. The molecule has 0 aliphatic heterocycles. The largest absolute Gasteiger partial charge is 0.430 e. The van der Waals surface area contributed by atoms with Crippen molar-refractivity contribution < 1.29 is 4.74 Å². The number of ether oxygens (including phenoxy) is 1. The Balaban J connectivity index is 1.19. The van der Waals surface area contributed by atoms with E-state index in [1.807, 2.05) is 41.8 Å². The molecule has 0 saturated carbocycles. The summed E-state index contributed by atoms with van der Waals surface area (Å²) in [5.41, 5.74) is 2.14. The van der Waals surface area contributed by atoms with Crippen molar-refractivity contribution in [1.29, 1.82) is 0 Å². The van der Waals surface area contributed by atoms with Crippen LogP contribution in [0.15, 0.2) is 60.5 Å². The maximum atomic E-state index is 6.26. The minimum absolute atomic E-state index is 0.502. The standard InChI is InChI=1S/C21H15ClN6OS2/c22-16-11-30-20-17(16)18(25-12-26-20)24-10-5-13-1-3-15(4-2-13)29-21-28-27-19(31-21)14-6-8-23-9-7-14/h1-4,6-9,11-12H,5,10H2,(H,24,25,26). The highest BCUT2D eigenvalue weighted by atomic mass is 35.5. The van der Waals surface area contributed by atoms with Gasteiger partial charge in [-0.05, 0) is 36.2 Å². The lowest BCUT2D eigenvalue weighted by Crippen LogP contribution is -2.06. The molecule has 5 rings (SSSR count). The van der Waals surface area contributed by atoms with E-state index in [9.17, 15) is 0 Å². The van der Waals surface area contributed by atoms with E-state index >= 15 is 0 Å². The molecule has 1 aromatic carbocycles. The summed E-state index contributed by atoms with van der Waals surface area (Å²) in [6.07, 6.45) is 5.84. The highest BCUT2D eigenvalue weighted by Gasteiger charge is 2.10. The molecule has 1 N–H and O–H groups in total. The second-order valence-electron chi connectivity index (χ2n) is 6.52. The average Bonchev–Trinajstić information content (AvgIpc) is 3.43. The molecule has 154 valence electrons. The molecule has 5 aromatic rings. The summed E-state index contributed by atoms with van der Waals surface area (Å²) in [5.74, 6) is 1.48. The van der Waals surface area contributed by atoms with Crippen molar-refractivity contribution in [3.63, 3.8) is 0 Å². The van der Waals surface area contributed by atoms with Gasteiger partial charge in [-0.2, -0.15) is 0 Å². The maximum absolute atomic E-state index is 6.26. The van der Waals surface area contributed by atoms with Crippen LogP contribution in [0.25, 0.3) is 20.8 Å². The number of hydrogen-bond donors (Lipinski definition) is 1. The summed E-state index contributed by atoms with van der Waals surface area (Å²) >= 11 is 9.17. The molecule has 4 heterocycles. The van der Waals surface area contributed by atoms with Gasteiger partial charge in [0.25, 0.3) is 5.19 Å². The fourth-order valence-corrected chi connectivity index (χ4v) is 4.84. The summed E-state index contributed by atoms with van der Waals surface area (Å²) < 4.78 is 5.84. The third kappa shape index (κ3) is 4.48. The van der Waals surface area contributed by atoms with Crippen LogP contribution in [-0.4, -0.2) is 31.7 Å². The molecule has 0 unspecified atom stereocenters. The molecule has 0 aliphatic rings. The van der Waals surface area contributed by atoms with Crippen LogP contribution in [0.4, 0.5) is 5.82 Å². The number of nitrogens with one attached hydrogen (secondary N) is 1. The number of thiophene rings is 1. The van der Waals surface area contributed by atoms with E-state index in [1.165, 1.54) is 28.2 Å². The molecule has 10 heteroatoms. The number of nitrogens with zero attached hydrogens (tertiary/aromatic N) is 5. The van der Waals surface area contributed by atoms with Crippen molar-refractivity contribution in [3.05, 3.63) is 71.1 Å². The van der Waals surface area contributed by atoms with Gasteiger partial charge in [-0.15, -0.1) is 16.4 Å². The lowest BCUT2D eigenvalue weighted by molar-refractivity contribution is 0.473. The van der Waals surface area contributed by atoms with Crippen molar-refractivity contribution in [1.82, 2.24) is 25.1 Å². The molecular weight excluding hydrogens is 452 g/mol. The Morgan fingerprint density at radius 3 is 2.68 bits per heavy atom. The highest BCUT2D eigenvalue weighted by molar-refractivity contribution is 7.17. The predicted octanol–water partition coefficient (Wildman–Crippen LogP) is 5.71. The summed E-state index contributed by atoms with van der Waals surface area (Å²) in [5, 5.41) is 16.4. The first kappa shape index (κ1) is 19.8. The van der Waals surface area contributed by atoms with Crippen LogP contribution in [-0.2, 0) is 6.42 Å². The number of fused-ring (bicyclic) bond motifs is 1. The second kappa shape index (κ2) is 8.93. The van der Waals surface area contributed by atoms with E-state index < -0.39 is 0 Å². The zero-order valence-corrected chi connectivity index (χ0v) is 18.4. The molecule has 0 amide bonds. The molecule has 0 atom stereocenters. The molecule has 4 aromatic heterocycles. The number of pyridine rings is 1. The van der Waals surface area contributed by atoms with Gasteiger partial charge in [0.15, 0.2) is 5.01 Å². The Kier molecular flexibility index (Phi) is 5.70. The topological polar surface area (TPSA) is 85.7 Å². The summed E-state index contributed by atoms with van der Waals surface area (Å²) in [6.45, 7) is 0.726. The molecule has 0 bridgehead atoms. The quantitative estimate of drug-likeness (QED) is 0.329. The van der Waals surface area contributed by atoms with E-state index in [2.05, 4.69) is 30.5 Å². The molecule has 0 spiro atoms. The average molecular weight is 467 g/mol. The molecule has 7 nitrogen and oxygen atoms in total.